The molecule has 0 spiro atoms. The summed E-state index contributed by atoms with van der Waals surface area (Å²) in [6.07, 6.45) is 2.56. The second-order valence-corrected chi connectivity index (χ2v) is 5.51. The van der Waals surface area contributed by atoms with Gasteiger partial charge in [-0.05, 0) is 36.4 Å². The van der Waals surface area contributed by atoms with Crippen LogP contribution in [-0.4, -0.2) is 19.7 Å². The van der Waals surface area contributed by atoms with Crippen LogP contribution in [0.15, 0.2) is 59.7 Å². The van der Waals surface area contributed by atoms with Crippen molar-refractivity contribution in [2.24, 2.45) is 0 Å². The normalized spacial score (nSPS) is 10.6. The molecule has 0 fully saturated rings. The highest BCUT2D eigenvalue weighted by Crippen LogP contribution is 2.20. The van der Waals surface area contributed by atoms with Gasteiger partial charge in [0, 0.05) is 12.3 Å². The number of aromatic amines is 1. The van der Waals surface area contributed by atoms with Crippen molar-refractivity contribution in [2.45, 2.75) is 0 Å². The second kappa shape index (κ2) is 6.14. The van der Waals surface area contributed by atoms with Crippen LogP contribution in [0.25, 0.3) is 16.6 Å². The van der Waals surface area contributed by atoms with Gasteiger partial charge in [0.2, 0.25) is 0 Å². The number of rotatable bonds is 3. The molecule has 0 atom stereocenters. The highest BCUT2D eigenvalue weighted by atomic mass is 19.1. The van der Waals surface area contributed by atoms with Crippen molar-refractivity contribution in [3.8, 4) is 11.8 Å². The zero-order valence-corrected chi connectivity index (χ0v) is 13.3. The number of benzene rings is 1. The van der Waals surface area contributed by atoms with Gasteiger partial charge in [0.25, 0.3) is 5.56 Å². The molecular weight excluding hydrogens is 335 g/mol. The quantitative estimate of drug-likeness (QED) is 0.594. The molecule has 0 radical (unpaired) electrons. The van der Waals surface area contributed by atoms with Crippen molar-refractivity contribution < 1.29 is 4.39 Å². The van der Waals surface area contributed by atoms with Gasteiger partial charge in [0.05, 0.1) is 34.4 Å². The lowest BCUT2D eigenvalue weighted by Gasteiger charge is -2.07. The molecule has 1 aromatic carbocycles. The molecule has 2 N–H and O–H groups in total. The summed E-state index contributed by atoms with van der Waals surface area (Å²) in [6, 6.07) is 13.3. The lowest BCUT2D eigenvalue weighted by atomic mass is 10.2. The van der Waals surface area contributed by atoms with Crippen molar-refractivity contribution in [3.63, 3.8) is 0 Å². The van der Waals surface area contributed by atoms with E-state index in [-0.39, 0.29) is 5.56 Å². The van der Waals surface area contributed by atoms with E-state index in [0.29, 0.717) is 33.8 Å². The standard InChI is InChI=1S/C18H11FN6O/c19-12-3-6-16(21-9-12)23-17-7-15-14(10-22-17)18(26)24-25(15)13-4-1-11(8-20)2-5-13/h1-7,9-10H,(H,24,26)(H,21,22,23). The summed E-state index contributed by atoms with van der Waals surface area (Å²) in [5.74, 6) is 0.457. The molecule has 0 bridgehead atoms. The fraction of sp³-hybridized carbons (Fsp3) is 0. The lowest BCUT2D eigenvalue weighted by molar-refractivity contribution is 0.622. The first kappa shape index (κ1) is 15.5. The largest absolute Gasteiger partial charge is 0.325 e. The third kappa shape index (κ3) is 2.78. The van der Waals surface area contributed by atoms with E-state index in [1.165, 1.54) is 18.3 Å². The summed E-state index contributed by atoms with van der Waals surface area (Å²) < 4.78 is 14.6. The molecule has 7 nitrogen and oxygen atoms in total. The number of nitrogens with zero attached hydrogens (tertiary/aromatic N) is 4. The number of hydrogen-bond acceptors (Lipinski definition) is 5. The molecule has 126 valence electrons. The highest BCUT2D eigenvalue weighted by molar-refractivity contribution is 5.82. The van der Waals surface area contributed by atoms with Gasteiger partial charge in [-0.1, -0.05) is 0 Å². The first-order chi connectivity index (χ1) is 12.6. The van der Waals surface area contributed by atoms with Gasteiger partial charge in [-0.15, -0.1) is 0 Å². The second-order valence-electron chi connectivity index (χ2n) is 5.51. The fourth-order valence-electron chi connectivity index (χ4n) is 2.56. The Hall–Kier alpha value is -3.99. The van der Waals surface area contributed by atoms with Crippen LogP contribution < -0.4 is 10.9 Å². The first-order valence-electron chi connectivity index (χ1n) is 7.64. The van der Waals surface area contributed by atoms with E-state index >= 15 is 0 Å². The summed E-state index contributed by atoms with van der Waals surface area (Å²) in [5.41, 5.74) is 1.56. The summed E-state index contributed by atoms with van der Waals surface area (Å²) >= 11 is 0. The predicted octanol–water partition coefficient (Wildman–Crippen LogP) is 2.86. The van der Waals surface area contributed by atoms with E-state index < -0.39 is 5.82 Å². The van der Waals surface area contributed by atoms with Gasteiger partial charge < -0.3 is 5.32 Å². The smallest absolute Gasteiger partial charge is 0.273 e. The Kier molecular flexibility index (Phi) is 3.67. The summed E-state index contributed by atoms with van der Waals surface area (Å²) in [5, 5.41) is 15.0. The molecule has 0 aliphatic rings. The maximum atomic E-state index is 13.0. The van der Waals surface area contributed by atoms with E-state index in [9.17, 15) is 9.18 Å². The van der Waals surface area contributed by atoms with E-state index in [0.717, 1.165) is 6.20 Å². The molecule has 8 heteroatoms. The average molecular weight is 346 g/mol. The number of aromatic nitrogens is 4. The van der Waals surface area contributed by atoms with Crippen LogP contribution in [0.3, 0.4) is 0 Å². The van der Waals surface area contributed by atoms with Gasteiger partial charge in [-0.25, -0.2) is 14.4 Å². The zero-order valence-electron chi connectivity index (χ0n) is 13.3. The van der Waals surface area contributed by atoms with E-state index in [4.69, 9.17) is 5.26 Å². The Bertz CT molecular complexity index is 1190. The number of H-pyrrole nitrogens is 1. The minimum absolute atomic E-state index is 0.275. The molecule has 4 aromatic rings. The predicted molar refractivity (Wildman–Crippen MR) is 93.9 cm³/mol. The van der Waals surface area contributed by atoms with Crippen molar-refractivity contribution in [3.05, 3.63) is 76.6 Å². The van der Waals surface area contributed by atoms with Crippen LogP contribution in [-0.2, 0) is 0 Å². The van der Waals surface area contributed by atoms with Crippen LogP contribution in [0.4, 0.5) is 16.0 Å². The van der Waals surface area contributed by atoms with Gasteiger partial charge in [0.1, 0.15) is 17.5 Å². The molecular formula is C18H11FN6O. The Labute approximate surface area is 146 Å². The molecule has 0 aliphatic heterocycles. The van der Waals surface area contributed by atoms with Crippen molar-refractivity contribution in [2.75, 3.05) is 5.32 Å². The minimum Gasteiger partial charge on any atom is -0.325 e. The van der Waals surface area contributed by atoms with Crippen LogP contribution in [0.5, 0.6) is 0 Å². The minimum atomic E-state index is -0.431. The van der Waals surface area contributed by atoms with E-state index in [2.05, 4.69) is 26.5 Å². The number of hydrogen-bond donors (Lipinski definition) is 2. The first-order valence-corrected chi connectivity index (χ1v) is 7.64. The van der Waals surface area contributed by atoms with Crippen molar-refractivity contribution in [1.82, 2.24) is 19.7 Å². The van der Waals surface area contributed by atoms with E-state index in [1.807, 2.05) is 0 Å². The van der Waals surface area contributed by atoms with Crippen LogP contribution in [0.2, 0.25) is 0 Å². The Morgan fingerprint density at radius 1 is 1.08 bits per heavy atom. The molecule has 0 saturated heterocycles. The molecule has 0 saturated carbocycles. The monoisotopic (exact) mass is 346 g/mol. The molecule has 3 aromatic heterocycles. The maximum Gasteiger partial charge on any atom is 0.273 e. The lowest BCUT2D eigenvalue weighted by Crippen LogP contribution is -2.03. The molecule has 0 amide bonds. The van der Waals surface area contributed by atoms with Gasteiger partial charge in [-0.3, -0.25) is 14.6 Å². The molecule has 4 rings (SSSR count). The summed E-state index contributed by atoms with van der Waals surface area (Å²) in [6.45, 7) is 0. The molecule has 3 heterocycles. The number of nitrogens with one attached hydrogen (secondary N) is 2. The molecule has 26 heavy (non-hydrogen) atoms. The molecule has 0 unspecified atom stereocenters. The number of fused-ring (bicyclic) bond motifs is 1. The maximum absolute atomic E-state index is 13.0. The number of halogens is 1. The van der Waals surface area contributed by atoms with Gasteiger partial charge in [-0.2, -0.15) is 5.26 Å². The van der Waals surface area contributed by atoms with Crippen molar-refractivity contribution >= 4 is 22.5 Å². The SMILES string of the molecule is N#Cc1ccc(-n2[nH]c(=O)c3cnc(Nc4ccc(F)cn4)cc32)cc1. The van der Waals surface area contributed by atoms with Crippen LogP contribution >= 0.6 is 0 Å². The summed E-state index contributed by atoms with van der Waals surface area (Å²) in [4.78, 5) is 20.3. The Morgan fingerprint density at radius 3 is 2.54 bits per heavy atom. The summed E-state index contributed by atoms with van der Waals surface area (Å²) in [7, 11) is 0. The van der Waals surface area contributed by atoms with E-state index in [1.54, 1.807) is 35.0 Å². The van der Waals surface area contributed by atoms with Crippen LogP contribution in [0, 0.1) is 17.1 Å². The third-order valence-electron chi connectivity index (χ3n) is 3.82. The zero-order chi connectivity index (χ0) is 18.1. The number of nitriles is 1. The average Bonchev–Trinajstić information content (AvgIpc) is 3.00. The van der Waals surface area contributed by atoms with Crippen molar-refractivity contribution in [1.29, 1.82) is 5.26 Å². The molecule has 0 aliphatic carbocycles. The van der Waals surface area contributed by atoms with Gasteiger partial charge in [0.15, 0.2) is 0 Å². The topological polar surface area (TPSA) is 99.4 Å². The highest BCUT2D eigenvalue weighted by Gasteiger charge is 2.10. The number of anilines is 2. The fourth-order valence-corrected chi connectivity index (χ4v) is 2.56. The van der Waals surface area contributed by atoms with Crippen LogP contribution in [0.1, 0.15) is 5.56 Å². The van der Waals surface area contributed by atoms with Gasteiger partial charge >= 0.3 is 0 Å². The Balaban J connectivity index is 1.77. The number of pyridine rings is 2. The third-order valence-corrected chi connectivity index (χ3v) is 3.82. The Morgan fingerprint density at radius 2 is 1.85 bits per heavy atom.